The van der Waals surface area contributed by atoms with Gasteiger partial charge in [-0.2, -0.15) is 0 Å². The van der Waals surface area contributed by atoms with Crippen LogP contribution in [0, 0.1) is 6.92 Å². The molecule has 23 heavy (non-hydrogen) atoms. The van der Waals surface area contributed by atoms with E-state index in [9.17, 15) is 0 Å². The second-order valence-electron chi connectivity index (χ2n) is 5.61. The second-order valence-corrected chi connectivity index (χ2v) is 6.52. The Bertz CT molecular complexity index is 783. The van der Waals surface area contributed by atoms with E-state index in [1.165, 1.54) is 11.1 Å². The zero-order chi connectivity index (χ0) is 16.2. The molecule has 0 saturated carbocycles. The predicted molar refractivity (Wildman–Crippen MR) is 93.8 cm³/mol. The van der Waals surface area contributed by atoms with Crippen molar-refractivity contribution in [2.24, 2.45) is 0 Å². The van der Waals surface area contributed by atoms with Crippen LogP contribution < -0.4 is 0 Å². The molecule has 0 aliphatic rings. The summed E-state index contributed by atoms with van der Waals surface area (Å²) in [5.41, 5.74) is 3.52. The Kier molecular flexibility index (Phi) is 4.88. The first-order valence-electron chi connectivity index (χ1n) is 7.43. The van der Waals surface area contributed by atoms with Gasteiger partial charge in [-0.1, -0.05) is 40.2 Å². The Hall–Kier alpha value is -1.98. The van der Waals surface area contributed by atoms with Gasteiger partial charge in [0.15, 0.2) is 0 Å². The summed E-state index contributed by atoms with van der Waals surface area (Å²) in [7, 11) is 2.05. The highest BCUT2D eigenvalue weighted by Crippen LogP contribution is 2.21. The first kappa shape index (κ1) is 15.9. The minimum absolute atomic E-state index is 0.553. The van der Waals surface area contributed by atoms with Crippen LogP contribution >= 0.6 is 15.9 Å². The Labute approximate surface area is 144 Å². The highest BCUT2D eigenvalue weighted by atomic mass is 79.9. The summed E-state index contributed by atoms with van der Waals surface area (Å²) in [6.07, 6.45) is 0. The third-order valence-corrected chi connectivity index (χ3v) is 4.19. The molecule has 0 radical (unpaired) electrons. The maximum atomic E-state index is 5.77. The molecule has 4 nitrogen and oxygen atoms in total. The van der Waals surface area contributed by atoms with Crippen molar-refractivity contribution >= 4 is 15.9 Å². The molecule has 0 saturated heterocycles. The van der Waals surface area contributed by atoms with Crippen molar-refractivity contribution < 1.29 is 4.42 Å². The standard InChI is InChI=1S/C18H18BrN3O/c1-13-5-3-4-6-15(13)11-22(2)12-17-20-21-18(23-17)14-7-9-16(19)10-8-14/h3-10H,11-12H2,1-2H3. The number of aryl methyl sites for hydroxylation is 1. The molecule has 5 heteroatoms. The largest absolute Gasteiger partial charge is 0.419 e. The smallest absolute Gasteiger partial charge is 0.247 e. The lowest BCUT2D eigenvalue weighted by Crippen LogP contribution is -2.18. The average molecular weight is 372 g/mol. The van der Waals surface area contributed by atoms with Crippen LogP contribution in [0.2, 0.25) is 0 Å². The molecule has 0 amide bonds. The lowest BCUT2D eigenvalue weighted by Gasteiger charge is -2.15. The van der Waals surface area contributed by atoms with Crippen molar-refractivity contribution in [3.63, 3.8) is 0 Å². The molecule has 0 aliphatic carbocycles. The van der Waals surface area contributed by atoms with Crippen molar-refractivity contribution in [3.05, 3.63) is 70.0 Å². The van der Waals surface area contributed by atoms with E-state index in [2.05, 4.69) is 69.3 Å². The molecular formula is C18H18BrN3O. The van der Waals surface area contributed by atoms with Gasteiger partial charge in [-0.25, -0.2) is 0 Å². The fourth-order valence-electron chi connectivity index (χ4n) is 2.39. The number of aromatic nitrogens is 2. The van der Waals surface area contributed by atoms with Crippen LogP contribution in [-0.2, 0) is 13.1 Å². The molecule has 0 spiro atoms. The topological polar surface area (TPSA) is 42.2 Å². The third kappa shape index (κ3) is 4.06. The zero-order valence-electron chi connectivity index (χ0n) is 13.2. The van der Waals surface area contributed by atoms with Crippen molar-refractivity contribution in [2.75, 3.05) is 7.05 Å². The van der Waals surface area contributed by atoms with Crippen LogP contribution in [0.3, 0.4) is 0 Å². The predicted octanol–water partition coefficient (Wildman–Crippen LogP) is 4.44. The second kappa shape index (κ2) is 7.06. The van der Waals surface area contributed by atoms with Crippen LogP contribution in [0.15, 0.2) is 57.4 Å². The Morgan fingerprint density at radius 3 is 2.48 bits per heavy atom. The van der Waals surface area contributed by atoms with Crippen LogP contribution in [0.25, 0.3) is 11.5 Å². The van der Waals surface area contributed by atoms with E-state index >= 15 is 0 Å². The quantitative estimate of drug-likeness (QED) is 0.664. The van der Waals surface area contributed by atoms with Crippen LogP contribution in [0.1, 0.15) is 17.0 Å². The molecule has 1 aromatic heterocycles. The van der Waals surface area contributed by atoms with Gasteiger partial charge in [-0.3, -0.25) is 4.90 Å². The highest BCUT2D eigenvalue weighted by Gasteiger charge is 2.11. The van der Waals surface area contributed by atoms with E-state index in [1.54, 1.807) is 0 Å². The zero-order valence-corrected chi connectivity index (χ0v) is 14.7. The van der Waals surface area contributed by atoms with Crippen LogP contribution in [0.5, 0.6) is 0 Å². The summed E-state index contributed by atoms with van der Waals surface area (Å²) < 4.78 is 6.80. The number of hydrogen-bond donors (Lipinski definition) is 0. The van der Waals surface area contributed by atoms with Gasteiger partial charge in [0.25, 0.3) is 0 Å². The van der Waals surface area contributed by atoms with E-state index in [0.29, 0.717) is 18.3 Å². The minimum Gasteiger partial charge on any atom is -0.419 e. The molecule has 2 aromatic carbocycles. The van der Waals surface area contributed by atoms with Crippen molar-refractivity contribution in [3.8, 4) is 11.5 Å². The fourth-order valence-corrected chi connectivity index (χ4v) is 2.66. The number of hydrogen-bond acceptors (Lipinski definition) is 4. The number of benzene rings is 2. The molecule has 0 N–H and O–H groups in total. The van der Waals surface area contributed by atoms with Gasteiger partial charge in [0, 0.05) is 16.6 Å². The molecule has 0 aliphatic heterocycles. The fraction of sp³-hybridized carbons (Fsp3) is 0.222. The van der Waals surface area contributed by atoms with Gasteiger partial charge in [0.2, 0.25) is 11.8 Å². The monoisotopic (exact) mass is 371 g/mol. The lowest BCUT2D eigenvalue weighted by molar-refractivity contribution is 0.282. The highest BCUT2D eigenvalue weighted by molar-refractivity contribution is 9.10. The van der Waals surface area contributed by atoms with Gasteiger partial charge in [0.1, 0.15) is 0 Å². The van der Waals surface area contributed by atoms with Gasteiger partial charge >= 0.3 is 0 Å². The molecule has 0 fully saturated rings. The van der Waals surface area contributed by atoms with Gasteiger partial charge in [-0.15, -0.1) is 10.2 Å². The number of rotatable bonds is 5. The lowest BCUT2D eigenvalue weighted by atomic mass is 10.1. The summed E-state index contributed by atoms with van der Waals surface area (Å²) in [5, 5.41) is 8.28. The third-order valence-electron chi connectivity index (χ3n) is 3.66. The number of nitrogens with zero attached hydrogens (tertiary/aromatic N) is 3. The van der Waals surface area contributed by atoms with Gasteiger partial charge in [0.05, 0.1) is 6.54 Å². The molecule has 3 aromatic rings. The molecule has 0 bridgehead atoms. The van der Waals surface area contributed by atoms with E-state index in [0.717, 1.165) is 16.6 Å². The summed E-state index contributed by atoms with van der Waals surface area (Å²) in [6, 6.07) is 16.2. The molecule has 3 rings (SSSR count). The summed E-state index contributed by atoms with van der Waals surface area (Å²) >= 11 is 3.42. The Balaban J connectivity index is 1.67. The first-order valence-corrected chi connectivity index (χ1v) is 8.22. The van der Waals surface area contributed by atoms with Crippen LogP contribution in [-0.4, -0.2) is 22.1 Å². The molecule has 1 heterocycles. The Morgan fingerprint density at radius 2 is 1.74 bits per heavy atom. The Morgan fingerprint density at radius 1 is 1.00 bits per heavy atom. The number of halogens is 1. The minimum atomic E-state index is 0.553. The normalized spacial score (nSPS) is 11.1. The maximum absolute atomic E-state index is 5.77. The molecule has 0 atom stereocenters. The summed E-state index contributed by atoms with van der Waals surface area (Å²) in [5.74, 6) is 1.18. The van der Waals surface area contributed by atoms with E-state index in [4.69, 9.17) is 4.42 Å². The summed E-state index contributed by atoms with van der Waals surface area (Å²) in [6.45, 7) is 3.60. The summed E-state index contributed by atoms with van der Waals surface area (Å²) in [4.78, 5) is 2.17. The van der Waals surface area contributed by atoms with Crippen molar-refractivity contribution in [2.45, 2.75) is 20.0 Å². The van der Waals surface area contributed by atoms with Crippen LogP contribution in [0.4, 0.5) is 0 Å². The van der Waals surface area contributed by atoms with Crippen molar-refractivity contribution in [1.82, 2.24) is 15.1 Å². The molecular weight excluding hydrogens is 354 g/mol. The maximum Gasteiger partial charge on any atom is 0.247 e. The first-order chi connectivity index (χ1) is 11.1. The van der Waals surface area contributed by atoms with E-state index in [1.807, 2.05) is 24.3 Å². The molecule has 118 valence electrons. The van der Waals surface area contributed by atoms with Gasteiger partial charge < -0.3 is 4.42 Å². The van der Waals surface area contributed by atoms with E-state index in [-0.39, 0.29) is 0 Å². The molecule has 0 unspecified atom stereocenters. The van der Waals surface area contributed by atoms with Crippen molar-refractivity contribution in [1.29, 1.82) is 0 Å². The van der Waals surface area contributed by atoms with Gasteiger partial charge in [-0.05, 0) is 49.4 Å². The SMILES string of the molecule is Cc1ccccc1CN(C)Cc1nnc(-c2ccc(Br)cc2)o1. The average Bonchev–Trinajstić information content (AvgIpc) is 2.98. The van der Waals surface area contributed by atoms with E-state index < -0.39 is 0 Å².